The molecule has 3 nitrogen and oxygen atoms in total. The van der Waals surface area contributed by atoms with Crippen molar-refractivity contribution in [1.82, 2.24) is 10.6 Å². The Balaban J connectivity index is 2.01. The van der Waals surface area contributed by atoms with E-state index in [0.29, 0.717) is 6.54 Å². The molecule has 0 aromatic heterocycles. The monoisotopic (exact) mass is 254 g/mol. The van der Waals surface area contributed by atoms with Gasteiger partial charge in [-0.2, -0.15) is 0 Å². The Morgan fingerprint density at radius 1 is 1.50 bits per heavy atom. The number of halogens is 2. The molecule has 0 radical (unpaired) electrons. The van der Waals surface area contributed by atoms with E-state index in [1.54, 1.807) is 0 Å². The van der Waals surface area contributed by atoms with Gasteiger partial charge >= 0.3 is 0 Å². The average Bonchev–Trinajstić information content (AvgIpc) is 2.77. The molecule has 2 N–H and O–H groups in total. The van der Waals surface area contributed by atoms with E-state index in [0.717, 1.165) is 25.5 Å². The van der Waals surface area contributed by atoms with Crippen LogP contribution in [-0.4, -0.2) is 24.5 Å². The summed E-state index contributed by atoms with van der Waals surface area (Å²) in [6, 6.07) is 3.59. The van der Waals surface area contributed by atoms with Crippen molar-refractivity contribution in [3.8, 4) is 0 Å². The lowest BCUT2D eigenvalue weighted by atomic mass is 10.0. The molecule has 98 valence electrons. The lowest BCUT2D eigenvalue weighted by Gasteiger charge is -2.24. The minimum atomic E-state index is -1.10. The van der Waals surface area contributed by atoms with E-state index in [9.17, 15) is 13.6 Å². The highest BCUT2D eigenvalue weighted by molar-refractivity contribution is 5.94. The second-order valence-corrected chi connectivity index (χ2v) is 4.88. The number of amides is 1. The molecule has 1 unspecified atom stereocenters. The van der Waals surface area contributed by atoms with Crippen molar-refractivity contribution in [3.05, 3.63) is 35.4 Å². The molecule has 1 amide bonds. The molecular weight excluding hydrogens is 238 g/mol. The number of nitrogens with one attached hydrogen (secondary N) is 2. The van der Waals surface area contributed by atoms with Crippen LogP contribution in [0.3, 0.4) is 0 Å². The summed E-state index contributed by atoms with van der Waals surface area (Å²) < 4.78 is 26.4. The first kappa shape index (κ1) is 13.0. The largest absolute Gasteiger partial charge is 0.350 e. The van der Waals surface area contributed by atoms with Gasteiger partial charge in [0.1, 0.15) is 0 Å². The molecule has 0 bridgehead atoms. The van der Waals surface area contributed by atoms with Crippen LogP contribution < -0.4 is 10.6 Å². The molecule has 0 saturated carbocycles. The van der Waals surface area contributed by atoms with Crippen LogP contribution in [0.5, 0.6) is 0 Å². The van der Waals surface area contributed by atoms with Gasteiger partial charge in [0, 0.05) is 12.1 Å². The minimum absolute atomic E-state index is 0.153. The Morgan fingerprint density at radius 3 is 2.94 bits per heavy atom. The van der Waals surface area contributed by atoms with Crippen LogP contribution in [-0.2, 0) is 0 Å². The molecule has 1 heterocycles. The number of hydrogen-bond donors (Lipinski definition) is 2. The van der Waals surface area contributed by atoms with Crippen molar-refractivity contribution in [1.29, 1.82) is 0 Å². The molecule has 1 aromatic rings. The molecule has 1 fully saturated rings. The summed E-state index contributed by atoms with van der Waals surface area (Å²) in [7, 11) is 0. The smallest absolute Gasteiger partial charge is 0.254 e. The highest BCUT2D eigenvalue weighted by Gasteiger charge is 2.28. The van der Waals surface area contributed by atoms with Gasteiger partial charge in [-0.1, -0.05) is 6.07 Å². The third kappa shape index (κ3) is 2.67. The summed E-state index contributed by atoms with van der Waals surface area (Å²) in [5.74, 6) is -2.69. The fraction of sp³-hybridized carbons (Fsp3) is 0.462. The fourth-order valence-corrected chi connectivity index (χ4v) is 2.16. The van der Waals surface area contributed by atoms with Crippen molar-refractivity contribution in [2.75, 3.05) is 13.1 Å². The molecule has 5 heteroatoms. The van der Waals surface area contributed by atoms with Gasteiger partial charge in [-0.15, -0.1) is 0 Å². The van der Waals surface area contributed by atoms with E-state index < -0.39 is 17.5 Å². The summed E-state index contributed by atoms with van der Waals surface area (Å²) in [5.41, 5.74) is -0.406. The second kappa shape index (κ2) is 5.02. The van der Waals surface area contributed by atoms with Gasteiger partial charge in [0.15, 0.2) is 11.6 Å². The van der Waals surface area contributed by atoms with Gasteiger partial charge < -0.3 is 10.6 Å². The van der Waals surface area contributed by atoms with Gasteiger partial charge in [-0.25, -0.2) is 8.78 Å². The molecule has 2 rings (SSSR count). The molecule has 1 saturated heterocycles. The van der Waals surface area contributed by atoms with Crippen LogP contribution in [0, 0.1) is 11.6 Å². The standard InChI is InChI=1S/C13H16F2N2O/c1-13(6-3-7-17-13)8-16-12(18)9-4-2-5-10(14)11(9)15/h2,4-5,17H,3,6-8H2,1H3,(H,16,18). The SMILES string of the molecule is CC1(CNC(=O)c2cccc(F)c2F)CCCN1. The Morgan fingerprint density at radius 2 is 2.28 bits per heavy atom. The van der Waals surface area contributed by atoms with E-state index in [1.807, 2.05) is 6.92 Å². The topological polar surface area (TPSA) is 41.1 Å². The van der Waals surface area contributed by atoms with Crippen LogP contribution in [0.1, 0.15) is 30.1 Å². The number of hydrogen-bond acceptors (Lipinski definition) is 2. The van der Waals surface area contributed by atoms with Gasteiger partial charge in [-0.05, 0) is 38.4 Å². The number of carbonyl (C=O) groups is 1. The summed E-state index contributed by atoms with van der Waals surface area (Å²) in [5, 5.41) is 5.92. The highest BCUT2D eigenvalue weighted by Crippen LogP contribution is 2.17. The Kier molecular flexibility index (Phi) is 3.61. The first-order valence-corrected chi connectivity index (χ1v) is 5.99. The highest BCUT2D eigenvalue weighted by atomic mass is 19.2. The Bertz CT molecular complexity index is 456. The van der Waals surface area contributed by atoms with Gasteiger partial charge in [-0.3, -0.25) is 4.79 Å². The van der Waals surface area contributed by atoms with Crippen molar-refractivity contribution >= 4 is 5.91 Å². The third-order valence-electron chi connectivity index (χ3n) is 3.29. The Hall–Kier alpha value is -1.49. The molecule has 1 aromatic carbocycles. The molecule has 0 aliphatic carbocycles. The molecule has 1 aliphatic heterocycles. The maximum atomic E-state index is 13.4. The summed E-state index contributed by atoms with van der Waals surface area (Å²) in [6.07, 6.45) is 2.01. The molecular formula is C13H16F2N2O. The lowest BCUT2D eigenvalue weighted by molar-refractivity contribution is 0.0937. The van der Waals surface area contributed by atoms with Crippen LogP contribution in [0.25, 0.3) is 0 Å². The van der Waals surface area contributed by atoms with Crippen molar-refractivity contribution in [2.24, 2.45) is 0 Å². The molecule has 18 heavy (non-hydrogen) atoms. The van der Waals surface area contributed by atoms with Crippen LogP contribution >= 0.6 is 0 Å². The summed E-state index contributed by atoms with van der Waals surface area (Å²) in [4.78, 5) is 11.8. The quantitative estimate of drug-likeness (QED) is 0.864. The molecule has 1 aliphatic rings. The normalized spacial score (nSPS) is 23.1. The van der Waals surface area contributed by atoms with E-state index in [2.05, 4.69) is 10.6 Å². The van der Waals surface area contributed by atoms with Crippen LogP contribution in [0.4, 0.5) is 8.78 Å². The first-order valence-electron chi connectivity index (χ1n) is 5.99. The van der Waals surface area contributed by atoms with Crippen molar-refractivity contribution in [2.45, 2.75) is 25.3 Å². The van der Waals surface area contributed by atoms with Crippen LogP contribution in [0.15, 0.2) is 18.2 Å². The zero-order valence-electron chi connectivity index (χ0n) is 10.2. The zero-order valence-corrected chi connectivity index (χ0v) is 10.2. The molecule has 1 atom stereocenters. The van der Waals surface area contributed by atoms with Crippen LogP contribution in [0.2, 0.25) is 0 Å². The maximum Gasteiger partial charge on any atom is 0.254 e. The predicted molar refractivity (Wildman–Crippen MR) is 64.3 cm³/mol. The number of rotatable bonds is 3. The van der Waals surface area contributed by atoms with Gasteiger partial charge in [0.25, 0.3) is 5.91 Å². The summed E-state index contributed by atoms with van der Waals surface area (Å²) in [6.45, 7) is 3.32. The first-order chi connectivity index (χ1) is 8.52. The molecule has 0 spiro atoms. The fourth-order valence-electron chi connectivity index (χ4n) is 2.16. The van der Waals surface area contributed by atoms with Gasteiger partial charge in [0.2, 0.25) is 0 Å². The Labute approximate surface area is 105 Å². The van der Waals surface area contributed by atoms with Crippen molar-refractivity contribution < 1.29 is 13.6 Å². The minimum Gasteiger partial charge on any atom is -0.350 e. The van der Waals surface area contributed by atoms with E-state index in [1.165, 1.54) is 12.1 Å². The second-order valence-electron chi connectivity index (χ2n) is 4.88. The van der Waals surface area contributed by atoms with Gasteiger partial charge in [0.05, 0.1) is 5.56 Å². The van der Waals surface area contributed by atoms with Crippen molar-refractivity contribution in [3.63, 3.8) is 0 Å². The predicted octanol–water partition coefficient (Wildman–Crippen LogP) is 1.84. The number of benzene rings is 1. The van der Waals surface area contributed by atoms with E-state index in [-0.39, 0.29) is 11.1 Å². The third-order valence-corrected chi connectivity index (χ3v) is 3.29. The maximum absolute atomic E-state index is 13.4. The number of carbonyl (C=O) groups excluding carboxylic acids is 1. The van der Waals surface area contributed by atoms with E-state index in [4.69, 9.17) is 0 Å². The zero-order chi connectivity index (χ0) is 13.2. The average molecular weight is 254 g/mol. The van der Waals surface area contributed by atoms with E-state index >= 15 is 0 Å². The summed E-state index contributed by atoms with van der Waals surface area (Å²) >= 11 is 0. The lowest BCUT2D eigenvalue weighted by Crippen LogP contribution is -2.47.